The highest BCUT2D eigenvalue weighted by Crippen LogP contribution is 2.25. The summed E-state index contributed by atoms with van der Waals surface area (Å²) in [7, 11) is -1.15. The lowest BCUT2D eigenvalue weighted by molar-refractivity contribution is 0.690. The minimum atomic E-state index is -1.58. The second-order valence-corrected chi connectivity index (χ2v) is 20.6. The smallest absolute Gasteiger partial charge is 0.0665 e. The van der Waals surface area contributed by atoms with Crippen molar-refractivity contribution >= 4 is 41.0 Å². The molecule has 0 nitrogen and oxygen atoms in total. The Balaban J connectivity index is 2.18. The Morgan fingerprint density at radius 2 is 1.54 bits per heavy atom. The van der Waals surface area contributed by atoms with Gasteiger partial charge >= 0.3 is 0 Å². The highest BCUT2D eigenvalue weighted by atomic mass is 29.2. The summed E-state index contributed by atoms with van der Waals surface area (Å²) in [5, 5.41) is 5.07. The molecule has 3 rings (SSSR count). The zero-order valence-corrected chi connectivity index (χ0v) is 21.7. The molecule has 0 aromatic heterocycles. The Hall–Kier alpha value is -0.909. The first-order valence-corrected chi connectivity index (χ1v) is 17.4. The third-order valence-electron chi connectivity index (χ3n) is 5.72. The summed E-state index contributed by atoms with van der Waals surface area (Å²) in [6.07, 6.45) is 0. The van der Waals surface area contributed by atoms with Crippen LogP contribution in [0.2, 0.25) is 18.1 Å². The second-order valence-electron chi connectivity index (χ2n) is 10.1. The first-order valence-electron chi connectivity index (χ1n) is 11.1. The highest BCUT2D eigenvalue weighted by molar-refractivity contribution is 7.35. The van der Waals surface area contributed by atoms with Gasteiger partial charge in [0.2, 0.25) is 0 Å². The summed E-state index contributed by atoms with van der Waals surface area (Å²) < 4.78 is 0. The maximum absolute atomic E-state index is 2.70. The molecule has 0 spiro atoms. The van der Waals surface area contributed by atoms with Gasteiger partial charge in [0.15, 0.2) is 0 Å². The molecular formula is C25H37Si3. The summed E-state index contributed by atoms with van der Waals surface area (Å²) >= 11 is 0. The maximum atomic E-state index is 2.70. The molecule has 0 aliphatic carbocycles. The van der Waals surface area contributed by atoms with Gasteiger partial charge in [-0.1, -0.05) is 129 Å². The molecule has 0 N–H and O–H groups in total. The zero-order valence-electron chi connectivity index (χ0n) is 18.7. The van der Waals surface area contributed by atoms with Crippen LogP contribution in [0, 0.1) is 17.8 Å². The molecule has 149 valence electrons. The standard InChI is InChI=1S/C25H37Si3/c1-19(2)15-27-16-22-9-7-10-23(13-22)26-28(17-20(3)4,18-21(5)6)25-12-8-11-24(27)14-25/h7-14,19-21H,15-18H2,1-6H3. The average Bonchev–Trinajstić information content (AvgIpc) is 2.59. The predicted molar refractivity (Wildman–Crippen MR) is 132 cm³/mol. The SMILES string of the molecule is CC(C)C[Si]1Cc2cccc(c2)[Si][Si](CC(C)C)(CC(C)C)c2cccc1c2. The normalized spacial score (nSPS) is 16.8. The Kier molecular flexibility index (Phi) is 7.22. The van der Waals surface area contributed by atoms with Gasteiger partial charge in [-0.15, -0.1) is 0 Å². The number of fused-ring (bicyclic) bond motifs is 4. The van der Waals surface area contributed by atoms with Gasteiger partial charge in [0.25, 0.3) is 0 Å². The molecule has 0 atom stereocenters. The van der Waals surface area contributed by atoms with Crippen molar-refractivity contribution in [2.75, 3.05) is 0 Å². The second kappa shape index (κ2) is 9.27. The van der Waals surface area contributed by atoms with E-state index in [9.17, 15) is 0 Å². The lowest BCUT2D eigenvalue weighted by Crippen LogP contribution is -2.60. The van der Waals surface area contributed by atoms with E-state index in [4.69, 9.17) is 0 Å². The molecule has 28 heavy (non-hydrogen) atoms. The van der Waals surface area contributed by atoms with E-state index in [0.717, 1.165) is 26.8 Å². The van der Waals surface area contributed by atoms with Crippen LogP contribution in [-0.4, -0.2) is 25.4 Å². The van der Waals surface area contributed by atoms with E-state index in [1.54, 1.807) is 21.1 Å². The van der Waals surface area contributed by atoms with Gasteiger partial charge in [-0.3, -0.25) is 0 Å². The van der Waals surface area contributed by atoms with Crippen LogP contribution in [0.3, 0.4) is 0 Å². The van der Waals surface area contributed by atoms with E-state index < -0.39 is 16.4 Å². The molecule has 0 saturated heterocycles. The van der Waals surface area contributed by atoms with E-state index in [1.165, 1.54) is 24.2 Å². The van der Waals surface area contributed by atoms with Crippen LogP contribution in [0.1, 0.15) is 47.1 Å². The van der Waals surface area contributed by atoms with Crippen molar-refractivity contribution in [1.29, 1.82) is 0 Å². The monoisotopic (exact) mass is 421 g/mol. The van der Waals surface area contributed by atoms with Crippen LogP contribution in [0.25, 0.3) is 0 Å². The summed E-state index contributed by atoms with van der Waals surface area (Å²) in [6.45, 7) is 14.5. The lowest BCUT2D eigenvalue weighted by Gasteiger charge is -2.37. The van der Waals surface area contributed by atoms with Crippen LogP contribution in [-0.2, 0) is 6.04 Å². The summed E-state index contributed by atoms with van der Waals surface area (Å²) in [5.41, 5.74) is 1.59. The van der Waals surface area contributed by atoms with Crippen molar-refractivity contribution in [3.63, 3.8) is 0 Å². The van der Waals surface area contributed by atoms with Crippen LogP contribution >= 0.6 is 0 Å². The first kappa shape index (κ1) is 21.8. The van der Waals surface area contributed by atoms with Gasteiger partial charge in [0.05, 0.1) is 25.4 Å². The van der Waals surface area contributed by atoms with E-state index in [2.05, 4.69) is 90.1 Å². The molecule has 1 aliphatic heterocycles. The molecule has 0 unspecified atom stereocenters. The van der Waals surface area contributed by atoms with Gasteiger partial charge in [0, 0.05) is 0 Å². The summed E-state index contributed by atoms with van der Waals surface area (Å²) in [5.74, 6) is 2.32. The van der Waals surface area contributed by atoms with E-state index in [-0.39, 0.29) is 0 Å². The Bertz CT molecular complexity index is 769. The fraction of sp³-hybridized carbons (Fsp3) is 0.520. The van der Waals surface area contributed by atoms with Gasteiger partial charge in [-0.25, -0.2) is 0 Å². The lowest BCUT2D eigenvalue weighted by atomic mass is 10.2. The Labute approximate surface area is 178 Å². The number of rotatable bonds is 6. The minimum Gasteiger partial charge on any atom is -0.0665 e. The minimum absolute atomic E-state index is 0.559. The fourth-order valence-corrected chi connectivity index (χ4v) is 19.8. The Morgan fingerprint density at radius 3 is 2.18 bits per heavy atom. The summed E-state index contributed by atoms with van der Waals surface area (Å²) in [6, 6.07) is 25.3. The number of hydrogen-bond acceptors (Lipinski definition) is 0. The third-order valence-corrected chi connectivity index (χ3v) is 18.9. The third kappa shape index (κ3) is 5.37. The Morgan fingerprint density at radius 1 is 0.857 bits per heavy atom. The van der Waals surface area contributed by atoms with Crippen molar-refractivity contribution in [1.82, 2.24) is 0 Å². The molecule has 1 heterocycles. The molecule has 2 aromatic carbocycles. The molecular weight excluding hydrogens is 385 g/mol. The van der Waals surface area contributed by atoms with Gasteiger partial charge in [-0.2, -0.15) is 0 Å². The van der Waals surface area contributed by atoms with Crippen molar-refractivity contribution in [3.05, 3.63) is 54.1 Å². The van der Waals surface area contributed by atoms with E-state index in [0.29, 0.717) is 0 Å². The van der Waals surface area contributed by atoms with Crippen LogP contribution in [0.4, 0.5) is 0 Å². The van der Waals surface area contributed by atoms with Gasteiger partial charge < -0.3 is 0 Å². The van der Waals surface area contributed by atoms with Crippen molar-refractivity contribution in [2.45, 2.75) is 65.7 Å². The molecule has 0 saturated carbocycles. The topological polar surface area (TPSA) is 0 Å². The molecule has 2 aromatic rings. The van der Waals surface area contributed by atoms with Crippen LogP contribution in [0.15, 0.2) is 48.5 Å². The largest absolute Gasteiger partial charge is 0.0904 e. The number of hydrogen-bond donors (Lipinski definition) is 0. The molecule has 0 fully saturated rings. The average molecular weight is 422 g/mol. The zero-order chi connectivity index (χ0) is 20.3. The van der Waals surface area contributed by atoms with Crippen LogP contribution < -0.4 is 15.6 Å². The molecule has 3 radical (unpaired) electrons. The van der Waals surface area contributed by atoms with Gasteiger partial charge in [0.1, 0.15) is 0 Å². The molecule has 4 bridgehead atoms. The molecule has 0 amide bonds. The summed E-state index contributed by atoms with van der Waals surface area (Å²) in [4.78, 5) is 0. The molecule has 1 aliphatic rings. The van der Waals surface area contributed by atoms with E-state index >= 15 is 0 Å². The predicted octanol–water partition coefficient (Wildman–Crippen LogP) is 4.63. The van der Waals surface area contributed by atoms with Crippen molar-refractivity contribution in [2.24, 2.45) is 17.8 Å². The molecule has 3 heteroatoms. The maximum Gasteiger partial charge on any atom is 0.0904 e. The first-order chi connectivity index (χ1) is 13.3. The highest BCUT2D eigenvalue weighted by Gasteiger charge is 2.38. The van der Waals surface area contributed by atoms with Crippen molar-refractivity contribution in [3.8, 4) is 0 Å². The van der Waals surface area contributed by atoms with Gasteiger partial charge in [-0.05, 0) is 23.8 Å². The number of benzene rings is 2. The van der Waals surface area contributed by atoms with Crippen molar-refractivity contribution < 1.29 is 0 Å². The van der Waals surface area contributed by atoms with E-state index in [1.807, 2.05) is 0 Å². The van der Waals surface area contributed by atoms with Crippen LogP contribution in [0.5, 0.6) is 0 Å². The quantitative estimate of drug-likeness (QED) is 0.596. The fourth-order valence-electron chi connectivity index (χ4n) is 4.99.